The molecule has 1 amide bonds. The summed E-state index contributed by atoms with van der Waals surface area (Å²) in [5, 5.41) is 0. The zero-order valence-electron chi connectivity index (χ0n) is 12.2. The zero-order chi connectivity index (χ0) is 14.4. The third-order valence-corrected chi connectivity index (χ3v) is 4.51. The molecule has 1 aromatic rings. The van der Waals surface area contributed by atoms with E-state index in [1.54, 1.807) is 0 Å². The van der Waals surface area contributed by atoms with Crippen LogP contribution in [0.5, 0.6) is 0 Å². The van der Waals surface area contributed by atoms with Crippen molar-refractivity contribution in [3.05, 3.63) is 29.8 Å². The van der Waals surface area contributed by atoms with Gasteiger partial charge in [0.25, 0.3) is 0 Å². The van der Waals surface area contributed by atoms with E-state index in [9.17, 15) is 4.79 Å². The van der Waals surface area contributed by atoms with E-state index in [0.29, 0.717) is 19.8 Å². The lowest BCUT2D eigenvalue weighted by Gasteiger charge is -2.44. The molecule has 2 N–H and O–H groups in total. The second kappa shape index (κ2) is 4.48. The van der Waals surface area contributed by atoms with Crippen molar-refractivity contribution in [2.24, 2.45) is 0 Å². The molecule has 108 valence electrons. The normalized spacial score (nSPS) is 23.4. The molecule has 1 heterocycles. The highest BCUT2D eigenvalue weighted by Crippen LogP contribution is 2.50. The van der Waals surface area contributed by atoms with Gasteiger partial charge in [-0.05, 0) is 44.4 Å². The molecule has 1 saturated carbocycles. The van der Waals surface area contributed by atoms with E-state index in [2.05, 4.69) is 13.8 Å². The first-order chi connectivity index (χ1) is 9.46. The lowest BCUT2D eigenvalue weighted by atomic mass is 9.91. The number of morpholine rings is 1. The maximum Gasteiger partial charge on any atom is 0.233 e. The number of benzene rings is 1. The number of hydrogen-bond donors (Lipinski definition) is 1. The first kappa shape index (κ1) is 13.4. The van der Waals surface area contributed by atoms with Gasteiger partial charge >= 0.3 is 0 Å². The number of carbonyl (C=O) groups is 1. The van der Waals surface area contributed by atoms with E-state index in [4.69, 9.17) is 10.5 Å². The van der Waals surface area contributed by atoms with Crippen LogP contribution in [0.2, 0.25) is 0 Å². The van der Waals surface area contributed by atoms with Crippen molar-refractivity contribution in [1.29, 1.82) is 0 Å². The van der Waals surface area contributed by atoms with Gasteiger partial charge in [0, 0.05) is 12.2 Å². The number of rotatable bonds is 2. The predicted octanol–water partition coefficient (Wildman–Crippen LogP) is 1.94. The fourth-order valence-electron chi connectivity index (χ4n) is 3.05. The molecule has 20 heavy (non-hydrogen) atoms. The number of amides is 1. The van der Waals surface area contributed by atoms with E-state index in [1.807, 2.05) is 29.2 Å². The molecule has 3 rings (SSSR count). The molecule has 2 aliphatic rings. The molecule has 0 atom stereocenters. The summed E-state index contributed by atoms with van der Waals surface area (Å²) >= 11 is 0. The smallest absolute Gasteiger partial charge is 0.233 e. The molecule has 0 aromatic heterocycles. The van der Waals surface area contributed by atoms with Gasteiger partial charge in [-0.1, -0.05) is 12.1 Å². The van der Waals surface area contributed by atoms with Gasteiger partial charge in [-0.3, -0.25) is 4.79 Å². The Morgan fingerprint density at radius 1 is 1.25 bits per heavy atom. The van der Waals surface area contributed by atoms with Gasteiger partial charge in [0.1, 0.15) is 0 Å². The Morgan fingerprint density at radius 2 is 1.90 bits per heavy atom. The van der Waals surface area contributed by atoms with Gasteiger partial charge in [0.2, 0.25) is 5.91 Å². The average molecular weight is 274 g/mol. The minimum Gasteiger partial charge on any atom is -0.399 e. The zero-order valence-corrected chi connectivity index (χ0v) is 12.2. The van der Waals surface area contributed by atoms with Crippen molar-refractivity contribution in [3.63, 3.8) is 0 Å². The molecule has 2 fully saturated rings. The van der Waals surface area contributed by atoms with Gasteiger partial charge < -0.3 is 15.4 Å². The SMILES string of the molecule is CC1(C)COCCN1C(=O)C1(c2ccc(N)cc2)CC1. The number of nitrogens with zero attached hydrogens (tertiary/aromatic N) is 1. The summed E-state index contributed by atoms with van der Waals surface area (Å²) in [7, 11) is 0. The van der Waals surface area contributed by atoms with Gasteiger partial charge in [-0.2, -0.15) is 0 Å². The van der Waals surface area contributed by atoms with E-state index < -0.39 is 0 Å². The third-order valence-electron chi connectivity index (χ3n) is 4.51. The molecule has 0 unspecified atom stereocenters. The number of ether oxygens (including phenoxy) is 1. The van der Waals surface area contributed by atoms with Crippen LogP contribution in [0.4, 0.5) is 5.69 Å². The summed E-state index contributed by atoms with van der Waals surface area (Å²) in [4.78, 5) is 15.0. The maximum atomic E-state index is 13.0. The quantitative estimate of drug-likeness (QED) is 0.839. The average Bonchev–Trinajstić information content (AvgIpc) is 3.20. The maximum absolute atomic E-state index is 13.0. The van der Waals surface area contributed by atoms with Crippen molar-refractivity contribution < 1.29 is 9.53 Å². The Balaban J connectivity index is 1.88. The number of nitrogens with two attached hydrogens (primary N) is 1. The fourth-order valence-corrected chi connectivity index (χ4v) is 3.05. The molecule has 0 bridgehead atoms. The van der Waals surface area contributed by atoms with Crippen LogP contribution < -0.4 is 5.73 Å². The Morgan fingerprint density at radius 3 is 2.45 bits per heavy atom. The molecule has 1 aliphatic carbocycles. The van der Waals surface area contributed by atoms with Crippen LogP contribution in [0.25, 0.3) is 0 Å². The molecule has 1 saturated heterocycles. The van der Waals surface area contributed by atoms with E-state index in [-0.39, 0.29) is 16.9 Å². The first-order valence-corrected chi connectivity index (χ1v) is 7.22. The standard InChI is InChI=1S/C16H22N2O2/c1-15(2)11-20-10-9-18(15)14(19)16(7-8-16)12-3-5-13(17)6-4-12/h3-6H,7-11,17H2,1-2H3. The highest BCUT2D eigenvalue weighted by molar-refractivity contribution is 5.92. The Hall–Kier alpha value is -1.55. The van der Waals surface area contributed by atoms with Crippen molar-refractivity contribution >= 4 is 11.6 Å². The summed E-state index contributed by atoms with van der Waals surface area (Å²) in [6.07, 6.45) is 1.87. The van der Waals surface area contributed by atoms with Crippen molar-refractivity contribution in [2.45, 2.75) is 37.6 Å². The molecule has 0 radical (unpaired) electrons. The highest BCUT2D eigenvalue weighted by atomic mass is 16.5. The number of carbonyl (C=O) groups excluding carboxylic acids is 1. The monoisotopic (exact) mass is 274 g/mol. The number of hydrogen-bond acceptors (Lipinski definition) is 3. The van der Waals surface area contributed by atoms with Crippen LogP contribution in [-0.4, -0.2) is 36.1 Å². The summed E-state index contributed by atoms with van der Waals surface area (Å²) in [6, 6.07) is 7.75. The Labute approximate surface area is 119 Å². The minimum absolute atomic E-state index is 0.223. The fraction of sp³-hybridized carbons (Fsp3) is 0.562. The molecule has 4 nitrogen and oxygen atoms in total. The van der Waals surface area contributed by atoms with E-state index >= 15 is 0 Å². The molecule has 1 aromatic carbocycles. The lowest BCUT2D eigenvalue weighted by molar-refractivity contribution is -0.149. The third kappa shape index (κ3) is 2.08. The van der Waals surface area contributed by atoms with Crippen molar-refractivity contribution in [2.75, 3.05) is 25.5 Å². The number of nitrogen functional groups attached to an aromatic ring is 1. The predicted molar refractivity (Wildman–Crippen MR) is 78.4 cm³/mol. The summed E-state index contributed by atoms with van der Waals surface area (Å²) in [5.74, 6) is 0.246. The highest BCUT2D eigenvalue weighted by Gasteiger charge is 2.55. The van der Waals surface area contributed by atoms with Crippen LogP contribution in [-0.2, 0) is 14.9 Å². The van der Waals surface area contributed by atoms with E-state index in [0.717, 1.165) is 24.1 Å². The van der Waals surface area contributed by atoms with Gasteiger partial charge in [0.15, 0.2) is 0 Å². The summed E-state index contributed by atoms with van der Waals surface area (Å²) < 4.78 is 5.51. The molecular weight excluding hydrogens is 252 g/mol. The Kier molecular flexibility index (Phi) is 3.01. The van der Waals surface area contributed by atoms with Crippen LogP contribution in [0, 0.1) is 0 Å². The first-order valence-electron chi connectivity index (χ1n) is 7.22. The van der Waals surface area contributed by atoms with Gasteiger partial charge in [-0.15, -0.1) is 0 Å². The van der Waals surface area contributed by atoms with Crippen molar-refractivity contribution in [1.82, 2.24) is 4.90 Å². The molecule has 1 aliphatic heterocycles. The van der Waals surface area contributed by atoms with Crippen molar-refractivity contribution in [3.8, 4) is 0 Å². The summed E-state index contributed by atoms with van der Waals surface area (Å²) in [6.45, 7) is 6.07. The molecule has 4 heteroatoms. The van der Waals surface area contributed by atoms with Crippen LogP contribution in [0.3, 0.4) is 0 Å². The van der Waals surface area contributed by atoms with Gasteiger partial charge in [0.05, 0.1) is 24.2 Å². The van der Waals surface area contributed by atoms with Crippen LogP contribution in [0.15, 0.2) is 24.3 Å². The van der Waals surface area contributed by atoms with E-state index in [1.165, 1.54) is 0 Å². The summed E-state index contributed by atoms with van der Waals surface area (Å²) in [5.41, 5.74) is 7.04. The Bertz CT molecular complexity index is 518. The minimum atomic E-state index is -0.317. The van der Waals surface area contributed by atoms with Crippen LogP contribution in [0.1, 0.15) is 32.3 Å². The van der Waals surface area contributed by atoms with Gasteiger partial charge in [-0.25, -0.2) is 0 Å². The lowest BCUT2D eigenvalue weighted by Crippen LogP contribution is -2.58. The number of anilines is 1. The second-order valence-electron chi connectivity index (χ2n) is 6.53. The topological polar surface area (TPSA) is 55.6 Å². The van der Waals surface area contributed by atoms with Crippen LogP contribution >= 0.6 is 0 Å². The molecular formula is C16H22N2O2. The molecule has 0 spiro atoms. The largest absolute Gasteiger partial charge is 0.399 e. The second-order valence-corrected chi connectivity index (χ2v) is 6.53.